The molecule has 2 saturated heterocycles. The molecule has 0 aromatic heterocycles. The lowest BCUT2D eigenvalue weighted by Crippen LogP contribution is -2.63. The second-order valence-electron chi connectivity index (χ2n) is 6.65. The van der Waals surface area contributed by atoms with E-state index >= 15 is 0 Å². The van der Waals surface area contributed by atoms with Crippen molar-refractivity contribution in [2.24, 2.45) is 0 Å². The molecule has 162 valence electrons. The molecule has 0 bridgehead atoms. The molecule has 0 aromatic carbocycles. The van der Waals surface area contributed by atoms with Crippen molar-refractivity contribution in [2.45, 2.75) is 55.1 Å². The summed E-state index contributed by atoms with van der Waals surface area (Å²) in [5, 5.41) is 50.0. The van der Waals surface area contributed by atoms with Crippen molar-refractivity contribution in [1.82, 2.24) is 0 Å². The van der Waals surface area contributed by atoms with Crippen LogP contribution in [0.4, 0.5) is 0 Å². The van der Waals surface area contributed by atoms with Crippen molar-refractivity contribution < 1.29 is 49.2 Å². The molecule has 2 rings (SSSR count). The van der Waals surface area contributed by atoms with Gasteiger partial charge in [-0.2, -0.15) is 0 Å². The maximum absolute atomic E-state index is 10.7. The molecule has 28 heavy (non-hydrogen) atoms. The van der Waals surface area contributed by atoms with Crippen molar-refractivity contribution >= 4 is 0 Å². The van der Waals surface area contributed by atoms with Gasteiger partial charge in [0.25, 0.3) is 0 Å². The molecule has 2 heterocycles. The molecule has 2 aliphatic heterocycles. The average Bonchev–Trinajstić information content (AvgIpc) is 2.70. The van der Waals surface area contributed by atoms with E-state index in [0.717, 1.165) is 0 Å². The predicted molar refractivity (Wildman–Crippen MR) is 95.3 cm³/mol. The van der Waals surface area contributed by atoms with Crippen molar-refractivity contribution in [1.29, 1.82) is 0 Å². The zero-order valence-electron chi connectivity index (χ0n) is 15.6. The average molecular weight is 406 g/mol. The van der Waals surface area contributed by atoms with Crippen molar-refractivity contribution in [3.8, 4) is 0 Å². The molecular formula is C18H30O10. The Morgan fingerprint density at radius 2 is 1.64 bits per heavy atom. The minimum atomic E-state index is -1.59. The van der Waals surface area contributed by atoms with Gasteiger partial charge in [0.15, 0.2) is 6.29 Å². The summed E-state index contributed by atoms with van der Waals surface area (Å²) in [5.74, 6) is 0. The Balaban J connectivity index is 2.10. The number of hydrogen-bond donors (Lipinski definition) is 5. The molecule has 0 unspecified atom stereocenters. The Labute approximate surface area is 163 Å². The van der Waals surface area contributed by atoms with Gasteiger partial charge in [-0.05, 0) is 0 Å². The summed E-state index contributed by atoms with van der Waals surface area (Å²) in [6.45, 7) is 7.14. The predicted octanol–water partition coefficient (Wildman–Crippen LogP) is -2.29. The van der Waals surface area contributed by atoms with Crippen molar-refractivity contribution in [2.75, 3.05) is 33.0 Å². The third-order valence-corrected chi connectivity index (χ3v) is 4.64. The smallest absolute Gasteiger partial charge is 0.187 e. The van der Waals surface area contributed by atoms with Crippen LogP contribution in [0.1, 0.15) is 0 Å². The molecule has 0 spiro atoms. The minimum Gasteiger partial charge on any atom is -0.394 e. The van der Waals surface area contributed by atoms with E-state index in [1.54, 1.807) is 6.08 Å². The van der Waals surface area contributed by atoms with Crippen LogP contribution in [0.25, 0.3) is 0 Å². The Morgan fingerprint density at radius 1 is 0.929 bits per heavy atom. The second kappa shape index (κ2) is 11.3. The molecule has 10 nitrogen and oxygen atoms in total. The van der Waals surface area contributed by atoms with E-state index in [0.29, 0.717) is 0 Å². The summed E-state index contributed by atoms with van der Waals surface area (Å²) in [6.07, 6.45) is -7.76. The second-order valence-corrected chi connectivity index (χ2v) is 6.65. The molecular weight excluding hydrogens is 376 g/mol. The molecule has 0 aromatic rings. The third-order valence-electron chi connectivity index (χ3n) is 4.64. The van der Waals surface area contributed by atoms with Crippen LogP contribution in [0, 0.1) is 0 Å². The summed E-state index contributed by atoms with van der Waals surface area (Å²) in [6, 6.07) is 0. The van der Waals surface area contributed by atoms with Crippen molar-refractivity contribution in [3.05, 3.63) is 25.3 Å². The van der Waals surface area contributed by atoms with Crippen LogP contribution in [-0.4, -0.2) is 114 Å². The highest BCUT2D eigenvalue weighted by molar-refractivity contribution is 4.93. The quantitative estimate of drug-likeness (QED) is 0.198. The zero-order chi connectivity index (χ0) is 20.7. The first-order valence-electron chi connectivity index (χ1n) is 9.11. The molecule has 9 atom stereocenters. The van der Waals surface area contributed by atoms with Gasteiger partial charge in [-0.25, -0.2) is 0 Å². The highest BCUT2D eigenvalue weighted by Gasteiger charge is 2.48. The molecule has 0 radical (unpaired) electrons. The van der Waals surface area contributed by atoms with Crippen LogP contribution in [0.15, 0.2) is 25.3 Å². The lowest BCUT2D eigenvalue weighted by molar-refractivity contribution is -0.337. The fourth-order valence-corrected chi connectivity index (χ4v) is 3.09. The molecule has 0 saturated carbocycles. The van der Waals surface area contributed by atoms with Crippen LogP contribution in [0.5, 0.6) is 0 Å². The number of hydrogen-bond acceptors (Lipinski definition) is 10. The zero-order valence-corrected chi connectivity index (χ0v) is 15.6. The highest BCUT2D eigenvalue weighted by atomic mass is 16.7. The van der Waals surface area contributed by atoms with Gasteiger partial charge in [-0.15, -0.1) is 13.2 Å². The summed E-state index contributed by atoms with van der Waals surface area (Å²) >= 11 is 0. The van der Waals surface area contributed by atoms with Crippen molar-refractivity contribution in [3.63, 3.8) is 0 Å². The summed E-state index contributed by atoms with van der Waals surface area (Å²) < 4.78 is 27.6. The van der Waals surface area contributed by atoms with Gasteiger partial charge < -0.3 is 49.2 Å². The lowest BCUT2D eigenvalue weighted by Gasteiger charge is -2.45. The Morgan fingerprint density at radius 3 is 2.29 bits per heavy atom. The maximum Gasteiger partial charge on any atom is 0.187 e. The van der Waals surface area contributed by atoms with E-state index in [9.17, 15) is 25.5 Å². The van der Waals surface area contributed by atoms with Gasteiger partial charge in [0, 0.05) is 0 Å². The number of aliphatic hydroxyl groups is 5. The van der Waals surface area contributed by atoms with Gasteiger partial charge in [0.05, 0.1) is 33.0 Å². The first kappa shape index (κ1) is 23.4. The van der Waals surface area contributed by atoms with Gasteiger partial charge in [-0.1, -0.05) is 12.2 Å². The summed E-state index contributed by atoms with van der Waals surface area (Å²) in [7, 11) is 0. The number of aliphatic hydroxyl groups excluding tert-OH is 5. The monoisotopic (exact) mass is 406 g/mol. The highest BCUT2D eigenvalue weighted by Crippen LogP contribution is 2.28. The Bertz CT molecular complexity index is 487. The third kappa shape index (κ3) is 5.57. The maximum atomic E-state index is 10.7. The fourth-order valence-electron chi connectivity index (χ4n) is 3.09. The van der Waals surface area contributed by atoms with Gasteiger partial charge in [0.1, 0.15) is 48.8 Å². The Hall–Kier alpha value is -0.920. The van der Waals surface area contributed by atoms with E-state index in [-0.39, 0.29) is 26.4 Å². The van der Waals surface area contributed by atoms with Gasteiger partial charge >= 0.3 is 0 Å². The molecule has 0 amide bonds. The first-order chi connectivity index (χ1) is 13.4. The van der Waals surface area contributed by atoms with E-state index < -0.39 is 61.7 Å². The van der Waals surface area contributed by atoms with Crippen LogP contribution in [-0.2, 0) is 23.7 Å². The molecule has 2 fully saturated rings. The molecule has 2 aliphatic rings. The Kier molecular flexibility index (Phi) is 9.44. The standard InChI is InChI=1S/C18H30O10/c1-3-5-24-8-11-14(21)17(12(9-26-11)25-6-4-2)28-18-16(23)15(22)13(20)10(7-19)27-18/h3-4,10-23H,1-2,5-9H2/t10-,11-,12+,13+,14+,15+,16-,17-,18+/m1/s1. The first-order valence-corrected chi connectivity index (χ1v) is 9.11. The molecule has 10 heteroatoms. The minimum absolute atomic E-state index is 0.0785. The summed E-state index contributed by atoms with van der Waals surface area (Å²) in [4.78, 5) is 0. The van der Waals surface area contributed by atoms with Gasteiger partial charge in [-0.3, -0.25) is 0 Å². The van der Waals surface area contributed by atoms with Crippen LogP contribution >= 0.6 is 0 Å². The van der Waals surface area contributed by atoms with E-state index in [1.807, 2.05) is 0 Å². The largest absolute Gasteiger partial charge is 0.394 e. The van der Waals surface area contributed by atoms with E-state index in [2.05, 4.69) is 13.2 Å². The number of ether oxygens (including phenoxy) is 5. The van der Waals surface area contributed by atoms with Gasteiger partial charge in [0.2, 0.25) is 0 Å². The molecule has 0 aliphatic carbocycles. The van der Waals surface area contributed by atoms with Crippen LogP contribution in [0.3, 0.4) is 0 Å². The molecule has 5 N–H and O–H groups in total. The summed E-state index contributed by atoms with van der Waals surface area (Å²) in [5.41, 5.74) is 0. The number of rotatable bonds is 10. The SMILES string of the molecule is C=CCOC[C@H]1OC[C@H](OCC=C)[C@@H](O[C@@H]2O[C@H](CO)[C@H](O)[C@H](O)[C@H]2O)[C@H]1O. The topological polar surface area (TPSA) is 147 Å². The van der Waals surface area contributed by atoms with E-state index in [4.69, 9.17) is 23.7 Å². The lowest BCUT2D eigenvalue weighted by atomic mass is 9.97. The van der Waals surface area contributed by atoms with Crippen LogP contribution in [0.2, 0.25) is 0 Å². The van der Waals surface area contributed by atoms with E-state index in [1.165, 1.54) is 6.08 Å². The fraction of sp³-hybridized carbons (Fsp3) is 0.778. The normalized spacial score (nSPS) is 41.5. The van der Waals surface area contributed by atoms with Crippen LogP contribution < -0.4 is 0 Å².